The fourth-order valence-corrected chi connectivity index (χ4v) is 4.22. The van der Waals surface area contributed by atoms with Crippen LogP contribution in [0.5, 0.6) is 0 Å². The number of hydrogen-bond acceptors (Lipinski definition) is 2. The third-order valence-electron chi connectivity index (χ3n) is 5.47. The second-order valence-corrected chi connectivity index (χ2v) is 12.3. The minimum absolute atomic E-state index is 0.00159. The Hall–Kier alpha value is -0.703. The summed E-state index contributed by atoms with van der Waals surface area (Å²) in [4.78, 5) is 3.68. The Kier molecular flexibility index (Phi) is 5.09. The van der Waals surface area contributed by atoms with E-state index in [1.165, 1.54) is 0 Å². The van der Waals surface area contributed by atoms with Gasteiger partial charge in [0.15, 0.2) is 8.32 Å². The van der Waals surface area contributed by atoms with E-state index in [2.05, 4.69) is 38.7 Å². The maximum atomic E-state index is 13.3. The minimum Gasteiger partial charge on any atom is -0.410 e. The molecule has 5 heteroatoms. The van der Waals surface area contributed by atoms with Gasteiger partial charge in [-0.05, 0) is 18.1 Å². The molecule has 4 atom stereocenters. The Morgan fingerprint density at radius 1 is 1.48 bits per heavy atom. The van der Waals surface area contributed by atoms with E-state index in [0.29, 0.717) is 12.8 Å². The second-order valence-electron chi connectivity index (χ2n) is 7.53. The van der Waals surface area contributed by atoms with Gasteiger partial charge in [-0.3, -0.25) is 0 Å². The summed E-state index contributed by atoms with van der Waals surface area (Å²) in [6, 6.07) is 0. The molecule has 3 nitrogen and oxygen atoms in total. The predicted molar refractivity (Wildman–Crippen MR) is 86.1 cm³/mol. The number of nitrogens with zero attached hydrogens (tertiary/aromatic N) is 1. The van der Waals surface area contributed by atoms with Crippen LogP contribution in [-0.2, 0) is 4.43 Å². The fourth-order valence-electron chi connectivity index (χ4n) is 2.86. The fraction of sp³-hybridized carbons (Fsp3) is 0.812. The van der Waals surface area contributed by atoms with Gasteiger partial charge < -0.3 is 14.4 Å². The van der Waals surface area contributed by atoms with Crippen molar-refractivity contribution in [2.24, 2.45) is 5.92 Å². The van der Waals surface area contributed by atoms with E-state index in [1.807, 2.05) is 13.8 Å². The SMILES string of the molecule is [C-]#[N+][C@]1(CC)/C(=C/F)[C@H](O)[C@H](O[Si](C)(C)C(C)(C)C)[C@@H]1C. The lowest BCUT2D eigenvalue weighted by molar-refractivity contribution is 0.0410. The molecule has 0 aromatic carbocycles. The zero-order chi connectivity index (χ0) is 16.6. The van der Waals surface area contributed by atoms with Crippen molar-refractivity contribution in [3.05, 3.63) is 23.3 Å². The van der Waals surface area contributed by atoms with Crippen LogP contribution in [0.25, 0.3) is 4.85 Å². The molecule has 1 saturated carbocycles. The van der Waals surface area contributed by atoms with Crippen LogP contribution in [0.2, 0.25) is 18.1 Å². The van der Waals surface area contributed by atoms with Crippen LogP contribution in [-0.4, -0.2) is 31.2 Å². The van der Waals surface area contributed by atoms with Crippen molar-refractivity contribution in [2.75, 3.05) is 0 Å². The van der Waals surface area contributed by atoms with Crippen molar-refractivity contribution < 1.29 is 13.9 Å². The van der Waals surface area contributed by atoms with E-state index in [0.717, 1.165) is 0 Å². The maximum absolute atomic E-state index is 13.3. The van der Waals surface area contributed by atoms with E-state index >= 15 is 0 Å². The van der Waals surface area contributed by atoms with Gasteiger partial charge in [-0.1, -0.05) is 34.6 Å². The van der Waals surface area contributed by atoms with Gasteiger partial charge in [0.05, 0.1) is 23.9 Å². The van der Waals surface area contributed by atoms with Crippen LogP contribution in [0.4, 0.5) is 4.39 Å². The molecule has 0 aliphatic heterocycles. The first-order valence-corrected chi connectivity index (χ1v) is 10.4. The molecular formula is C16H28FNO2Si. The monoisotopic (exact) mass is 313 g/mol. The first kappa shape index (κ1) is 18.3. The molecule has 1 aliphatic rings. The van der Waals surface area contributed by atoms with E-state index in [1.54, 1.807) is 0 Å². The summed E-state index contributed by atoms with van der Waals surface area (Å²) in [6.45, 7) is 21.8. The Balaban J connectivity index is 3.21. The summed E-state index contributed by atoms with van der Waals surface area (Å²) < 4.78 is 19.6. The molecule has 0 saturated heterocycles. The summed E-state index contributed by atoms with van der Waals surface area (Å²) in [6.07, 6.45) is -0.658. The van der Waals surface area contributed by atoms with Gasteiger partial charge in [-0.25, -0.2) is 11.0 Å². The van der Waals surface area contributed by atoms with Gasteiger partial charge in [-0.2, -0.15) is 0 Å². The lowest BCUT2D eigenvalue weighted by atomic mass is 9.83. The largest absolute Gasteiger partial charge is 0.410 e. The van der Waals surface area contributed by atoms with Crippen molar-refractivity contribution >= 4 is 8.32 Å². The topological polar surface area (TPSA) is 33.8 Å². The van der Waals surface area contributed by atoms with Crippen LogP contribution in [0.3, 0.4) is 0 Å². The molecule has 0 radical (unpaired) electrons. The smallest absolute Gasteiger partial charge is 0.263 e. The third kappa shape index (κ3) is 2.81. The molecule has 1 N–H and O–H groups in total. The average Bonchev–Trinajstić information content (AvgIpc) is 2.58. The molecule has 1 rings (SSSR count). The molecule has 1 aliphatic carbocycles. The maximum Gasteiger partial charge on any atom is 0.263 e. The highest BCUT2D eigenvalue weighted by atomic mass is 28.4. The average molecular weight is 313 g/mol. The van der Waals surface area contributed by atoms with Gasteiger partial charge >= 0.3 is 0 Å². The summed E-state index contributed by atoms with van der Waals surface area (Å²) in [5.41, 5.74) is -0.808. The van der Waals surface area contributed by atoms with Crippen molar-refractivity contribution in [2.45, 2.75) is 76.9 Å². The highest BCUT2D eigenvalue weighted by Crippen LogP contribution is 2.49. The van der Waals surface area contributed by atoms with Gasteiger partial charge in [0.2, 0.25) is 0 Å². The number of rotatable bonds is 3. The quantitative estimate of drug-likeness (QED) is 0.622. The van der Waals surface area contributed by atoms with Gasteiger partial charge in [0.1, 0.15) is 6.10 Å². The molecule has 120 valence electrons. The number of hydrogen-bond donors (Lipinski definition) is 1. The van der Waals surface area contributed by atoms with Crippen LogP contribution in [0.1, 0.15) is 41.0 Å². The first-order valence-electron chi connectivity index (χ1n) is 7.53. The molecule has 0 amide bonds. The molecule has 0 aromatic heterocycles. The van der Waals surface area contributed by atoms with Gasteiger partial charge in [0, 0.05) is 6.42 Å². The Morgan fingerprint density at radius 2 is 2.00 bits per heavy atom. The third-order valence-corrected chi connectivity index (χ3v) is 9.94. The molecule has 0 heterocycles. The van der Waals surface area contributed by atoms with Crippen molar-refractivity contribution in [3.63, 3.8) is 0 Å². The van der Waals surface area contributed by atoms with Crippen LogP contribution in [0, 0.1) is 12.5 Å². The Labute approximate surface area is 129 Å². The molecule has 0 aromatic rings. The Bertz CT molecular complexity index is 464. The molecule has 0 spiro atoms. The standard InChI is InChI=1S/C16H28FNO2Si/c1-9-16(18-6)11(2)14(13(19)12(16)10-17)20-21(7,8)15(3,4)5/h10-11,13-14,19H,9H2,1-5,7-8H3/b12-10+/t11-,13-,14+,16-/m0/s1. The summed E-state index contributed by atoms with van der Waals surface area (Å²) >= 11 is 0. The normalized spacial score (nSPS) is 36.0. The van der Waals surface area contributed by atoms with E-state index < -0.39 is 26.1 Å². The predicted octanol–water partition coefficient (Wildman–Crippen LogP) is 4.31. The first-order chi connectivity index (χ1) is 9.48. The summed E-state index contributed by atoms with van der Waals surface area (Å²) in [5.74, 6) is -0.230. The van der Waals surface area contributed by atoms with Crippen molar-refractivity contribution in [1.29, 1.82) is 0 Å². The minimum atomic E-state index is -2.10. The lowest BCUT2D eigenvalue weighted by Gasteiger charge is -2.40. The van der Waals surface area contributed by atoms with Crippen molar-refractivity contribution in [1.82, 2.24) is 0 Å². The number of halogens is 1. The lowest BCUT2D eigenvalue weighted by Crippen LogP contribution is -2.48. The zero-order valence-electron chi connectivity index (χ0n) is 14.2. The van der Waals surface area contributed by atoms with Crippen LogP contribution >= 0.6 is 0 Å². The molecule has 0 bridgehead atoms. The summed E-state index contributed by atoms with van der Waals surface area (Å²) in [5, 5.41) is 10.5. The molecule has 0 unspecified atom stereocenters. The Morgan fingerprint density at radius 3 is 2.29 bits per heavy atom. The molecule has 1 fully saturated rings. The highest BCUT2D eigenvalue weighted by molar-refractivity contribution is 6.74. The van der Waals surface area contributed by atoms with Crippen LogP contribution < -0.4 is 0 Å². The van der Waals surface area contributed by atoms with Gasteiger partial charge in [0.25, 0.3) is 5.54 Å². The van der Waals surface area contributed by atoms with Crippen molar-refractivity contribution in [3.8, 4) is 0 Å². The van der Waals surface area contributed by atoms with Crippen LogP contribution in [0.15, 0.2) is 11.9 Å². The molecule has 21 heavy (non-hydrogen) atoms. The second kappa shape index (κ2) is 5.83. The summed E-state index contributed by atoms with van der Waals surface area (Å²) in [7, 11) is -2.10. The number of aliphatic hydroxyl groups excluding tert-OH is 1. The highest BCUT2D eigenvalue weighted by Gasteiger charge is 2.61. The van der Waals surface area contributed by atoms with E-state index in [9.17, 15) is 9.50 Å². The van der Waals surface area contributed by atoms with E-state index in [4.69, 9.17) is 11.0 Å². The van der Waals surface area contributed by atoms with Gasteiger partial charge in [-0.15, -0.1) is 0 Å². The molecular weight excluding hydrogens is 285 g/mol. The zero-order valence-corrected chi connectivity index (χ0v) is 15.2. The van der Waals surface area contributed by atoms with E-state index in [-0.39, 0.29) is 16.5 Å². The number of aliphatic hydroxyl groups is 1.